The fourth-order valence-corrected chi connectivity index (χ4v) is 3.27. The standard InChI is InChI=1S/C14H24N4OS/c1-9-10(20-8-17-9)7-16-13(15-4)18-11-6-12(19-5)14(11,2)3/h8,11-12H,6-7H2,1-5H3,(H2,15,16,18). The number of aliphatic imine (C=N–C) groups is 1. The van der Waals surface area contributed by atoms with Crippen molar-refractivity contribution in [3.63, 3.8) is 0 Å². The van der Waals surface area contributed by atoms with Gasteiger partial charge in [-0.15, -0.1) is 11.3 Å². The zero-order valence-electron chi connectivity index (χ0n) is 12.9. The quantitative estimate of drug-likeness (QED) is 0.658. The second-order valence-corrected chi connectivity index (χ2v) is 6.70. The van der Waals surface area contributed by atoms with Crippen molar-refractivity contribution in [3.05, 3.63) is 16.1 Å². The van der Waals surface area contributed by atoms with Gasteiger partial charge in [0.25, 0.3) is 0 Å². The van der Waals surface area contributed by atoms with E-state index in [1.54, 1.807) is 25.5 Å². The SMILES string of the molecule is CN=C(NCc1scnc1C)NC1CC(OC)C1(C)C. The van der Waals surface area contributed by atoms with Crippen LogP contribution in [0.5, 0.6) is 0 Å². The third-order valence-electron chi connectivity index (χ3n) is 4.26. The molecule has 2 rings (SSSR count). The summed E-state index contributed by atoms with van der Waals surface area (Å²) in [6.07, 6.45) is 1.34. The van der Waals surface area contributed by atoms with Crippen LogP contribution in [0.3, 0.4) is 0 Å². The highest BCUT2D eigenvalue weighted by Gasteiger charge is 2.48. The molecule has 1 aliphatic carbocycles. The minimum absolute atomic E-state index is 0.132. The maximum atomic E-state index is 5.47. The lowest BCUT2D eigenvalue weighted by Crippen LogP contribution is -2.63. The Hall–Kier alpha value is -1.14. The van der Waals surface area contributed by atoms with Gasteiger partial charge in [-0.3, -0.25) is 4.99 Å². The van der Waals surface area contributed by atoms with E-state index in [1.165, 1.54) is 4.88 Å². The van der Waals surface area contributed by atoms with Crippen molar-refractivity contribution in [3.8, 4) is 0 Å². The summed E-state index contributed by atoms with van der Waals surface area (Å²) in [7, 11) is 3.58. The van der Waals surface area contributed by atoms with Crippen LogP contribution in [0, 0.1) is 12.3 Å². The van der Waals surface area contributed by atoms with Gasteiger partial charge in [-0.25, -0.2) is 4.98 Å². The predicted octanol–water partition coefficient (Wildman–Crippen LogP) is 1.93. The average molecular weight is 296 g/mol. The van der Waals surface area contributed by atoms with E-state index >= 15 is 0 Å². The van der Waals surface area contributed by atoms with Crippen molar-refractivity contribution < 1.29 is 4.74 Å². The van der Waals surface area contributed by atoms with E-state index < -0.39 is 0 Å². The van der Waals surface area contributed by atoms with Gasteiger partial charge in [0.2, 0.25) is 0 Å². The first-order valence-corrected chi connectivity index (χ1v) is 7.76. The fraction of sp³-hybridized carbons (Fsp3) is 0.714. The molecule has 0 radical (unpaired) electrons. The number of ether oxygens (including phenoxy) is 1. The number of rotatable bonds is 4. The Balaban J connectivity index is 1.87. The Morgan fingerprint density at radius 3 is 2.85 bits per heavy atom. The van der Waals surface area contributed by atoms with Crippen molar-refractivity contribution in [1.29, 1.82) is 0 Å². The minimum Gasteiger partial charge on any atom is -0.381 e. The number of nitrogens with one attached hydrogen (secondary N) is 2. The maximum absolute atomic E-state index is 5.47. The lowest BCUT2D eigenvalue weighted by atomic mass is 9.64. The van der Waals surface area contributed by atoms with Crippen LogP contribution < -0.4 is 10.6 Å². The summed E-state index contributed by atoms with van der Waals surface area (Å²) in [6.45, 7) is 7.24. The molecule has 1 aromatic heterocycles. The molecule has 5 nitrogen and oxygen atoms in total. The van der Waals surface area contributed by atoms with Crippen LogP contribution in [0.25, 0.3) is 0 Å². The smallest absolute Gasteiger partial charge is 0.191 e. The first kappa shape index (κ1) is 15.3. The monoisotopic (exact) mass is 296 g/mol. The molecule has 1 heterocycles. The molecule has 0 aromatic carbocycles. The molecule has 2 atom stereocenters. The molecular formula is C14H24N4OS. The van der Waals surface area contributed by atoms with Crippen LogP contribution in [0.2, 0.25) is 0 Å². The first-order valence-electron chi connectivity index (χ1n) is 6.88. The Labute approximate surface area is 124 Å². The number of methoxy groups -OCH3 is 1. The lowest BCUT2D eigenvalue weighted by Gasteiger charge is -2.51. The van der Waals surface area contributed by atoms with Crippen LogP contribution in [0.4, 0.5) is 0 Å². The van der Waals surface area contributed by atoms with Crippen LogP contribution in [0.15, 0.2) is 10.5 Å². The van der Waals surface area contributed by atoms with Crippen molar-refractivity contribution in [2.24, 2.45) is 10.4 Å². The molecule has 0 bridgehead atoms. The zero-order chi connectivity index (χ0) is 14.8. The molecule has 0 aliphatic heterocycles. The minimum atomic E-state index is 0.132. The van der Waals surface area contributed by atoms with Gasteiger partial charge < -0.3 is 15.4 Å². The van der Waals surface area contributed by atoms with Gasteiger partial charge in [-0.2, -0.15) is 0 Å². The van der Waals surface area contributed by atoms with E-state index in [4.69, 9.17) is 4.74 Å². The molecule has 0 amide bonds. The van der Waals surface area contributed by atoms with E-state index in [0.29, 0.717) is 12.1 Å². The molecule has 6 heteroatoms. The summed E-state index contributed by atoms with van der Waals surface area (Å²) in [6, 6.07) is 0.390. The third kappa shape index (κ3) is 2.96. The Kier molecular flexibility index (Phi) is 4.65. The summed E-state index contributed by atoms with van der Waals surface area (Å²) < 4.78 is 5.47. The van der Waals surface area contributed by atoms with Crippen molar-refractivity contribution in [2.45, 2.75) is 45.9 Å². The molecule has 20 heavy (non-hydrogen) atoms. The van der Waals surface area contributed by atoms with E-state index in [1.807, 2.05) is 12.4 Å². The number of thiazole rings is 1. The van der Waals surface area contributed by atoms with Gasteiger partial charge >= 0.3 is 0 Å². The van der Waals surface area contributed by atoms with Crippen LogP contribution in [-0.4, -0.2) is 37.2 Å². The first-order chi connectivity index (χ1) is 9.48. The third-order valence-corrected chi connectivity index (χ3v) is 5.19. The second kappa shape index (κ2) is 6.10. The number of aryl methyl sites for hydroxylation is 1. The van der Waals surface area contributed by atoms with Crippen LogP contribution in [0.1, 0.15) is 30.8 Å². The average Bonchev–Trinajstić information content (AvgIpc) is 2.83. The van der Waals surface area contributed by atoms with Gasteiger partial charge in [0.15, 0.2) is 5.96 Å². The molecular weight excluding hydrogens is 272 g/mol. The van der Waals surface area contributed by atoms with Gasteiger partial charge in [-0.05, 0) is 13.3 Å². The zero-order valence-corrected chi connectivity index (χ0v) is 13.7. The number of hydrogen-bond acceptors (Lipinski definition) is 4. The van der Waals surface area contributed by atoms with E-state index in [9.17, 15) is 0 Å². The molecule has 2 N–H and O–H groups in total. The summed E-state index contributed by atoms with van der Waals surface area (Å²) in [5.74, 6) is 0.838. The number of guanidine groups is 1. The highest BCUT2D eigenvalue weighted by atomic mass is 32.1. The van der Waals surface area contributed by atoms with Crippen molar-refractivity contribution >= 4 is 17.3 Å². The van der Waals surface area contributed by atoms with Crippen LogP contribution in [-0.2, 0) is 11.3 Å². The highest BCUT2D eigenvalue weighted by Crippen LogP contribution is 2.42. The maximum Gasteiger partial charge on any atom is 0.191 e. The number of hydrogen-bond donors (Lipinski definition) is 2. The molecule has 0 saturated heterocycles. The van der Waals surface area contributed by atoms with Crippen LogP contribution >= 0.6 is 11.3 Å². The van der Waals surface area contributed by atoms with Gasteiger partial charge in [0, 0.05) is 30.5 Å². The number of aromatic nitrogens is 1. The summed E-state index contributed by atoms with van der Waals surface area (Å²) in [5.41, 5.74) is 3.09. The lowest BCUT2D eigenvalue weighted by molar-refractivity contribution is -0.0922. The Bertz CT molecular complexity index is 483. The van der Waals surface area contributed by atoms with E-state index in [0.717, 1.165) is 24.6 Å². The van der Waals surface area contributed by atoms with Gasteiger partial charge in [0.1, 0.15) is 0 Å². The molecule has 1 aromatic rings. The topological polar surface area (TPSA) is 58.5 Å². The Morgan fingerprint density at radius 1 is 1.60 bits per heavy atom. The summed E-state index contributed by atoms with van der Waals surface area (Å²) in [5, 5.41) is 6.83. The molecule has 112 valence electrons. The molecule has 2 unspecified atom stereocenters. The fourth-order valence-electron chi connectivity index (χ4n) is 2.55. The normalized spacial score (nSPS) is 25.1. The molecule has 1 aliphatic rings. The molecule has 1 fully saturated rings. The number of nitrogens with zero attached hydrogens (tertiary/aromatic N) is 2. The Morgan fingerprint density at radius 2 is 2.35 bits per heavy atom. The van der Waals surface area contributed by atoms with Gasteiger partial charge in [-0.1, -0.05) is 13.8 Å². The van der Waals surface area contributed by atoms with E-state index in [2.05, 4.69) is 34.5 Å². The highest BCUT2D eigenvalue weighted by molar-refractivity contribution is 7.09. The predicted molar refractivity (Wildman–Crippen MR) is 83.2 cm³/mol. The van der Waals surface area contributed by atoms with Crippen molar-refractivity contribution in [1.82, 2.24) is 15.6 Å². The van der Waals surface area contributed by atoms with Gasteiger partial charge in [0.05, 0.1) is 23.9 Å². The summed E-state index contributed by atoms with van der Waals surface area (Å²) in [4.78, 5) is 9.79. The molecule has 0 spiro atoms. The second-order valence-electron chi connectivity index (χ2n) is 5.77. The largest absolute Gasteiger partial charge is 0.381 e. The molecule has 1 saturated carbocycles. The van der Waals surface area contributed by atoms with Crippen molar-refractivity contribution in [2.75, 3.05) is 14.2 Å². The van der Waals surface area contributed by atoms with E-state index in [-0.39, 0.29) is 5.41 Å². The summed E-state index contributed by atoms with van der Waals surface area (Å²) >= 11 is 1.67.